The third kappa shape index (κ3) is 2.45. The zero-order valence-electron chi connectivity index (χ0n) is 7.12. The first-order valence-electron chi connectivity index (χ1n) is 3.06. The van der Waals surface area contributed by atoms with Crippen molar-refractivity contribution in [2.45, 2.75) is 6.92 Å². The van der Waals surface area contributed by atoms with E-state index in [1.165, 1.54) is 28.1 Å². The summed E-state index contributed by atoms with van der Waals surface area (Å²) in [6.45, 7) is 1.36. The third-order valence-electron chi connectivity index (χ3n) is 1.34. The molecule has 0 saturated carbocycles. The molecule has 0 saturated heterocycles. The van der Waals surface area contributed by atoms with Gasteiger partial charge in [-0.1, -0.05) is 0 Å². The van der Waals surface area contributed by atoms with Crippen LogP contribution in [0.1, 0.15) is 6.92 Å². The molecule has 0 aliphatic rings. The van der Waals surface area contributed by atoms with E-state index in [1.807, 2.05) is 0 Å². The Bertz CT molecular complexity index is 169. The number of carbonyl (C=O) groups excluding carboxylic acids is 2. The highest BCUT2D eigenvalue weighted by Gasteiger charge is 2.15. The first-order valence-corrected chi connectivity index (χ1v) is 3.06. The molecule has 0 spiro atoms. The van der Waals surface area contributed by atoms with Crippen LogP contribution < -0.4 is 0 Å². The van der Waals surface area contributed by atoms with Gasteiger partial charge in [-0.25, -0.2) is 9.80 Å². The van der Waals surface area contributed by atoms with Gasteiger partial charge in [0, 0.05) is 21.0 Å². The lowest BCUT2D eigenvalue weighted by Crippen LogP contribution is -2.43. The molecule has 0 unspecified atom stereocenters. The van der Waals surface area contributed by atoms with Crippen LogP contribution in [-0.2, 0) is 9.53 Å². The summed E-state index contributed by atoms with van der Waals surface area (Å²) < 4.78 is 4.38. The number of hydrazine groups is 1. The van der Waals surface area contributed by atoms with Gasteiger partial charge in [0.1, 0.15) is 0 Å². The minimum Gasteiger partial charge on any atom is -0.452 e. The van der Waals surface area contributed by atoms with Gasteiger partial charge in [-0.3, -0.25) is 9.80 Å². The summed E-state index contributed by atoms with van der Waals surface area (Å²) in [7, 11) is 4.19. The van der Waals surface area contributed by atoms with Crippen molar-refractivity contribution in [3.05, 3.63) is 0 Å². The van der Waals surface area contributed by atoms with Crippen molar-refractivity contribution in [2.75, 3.05) is 21.2 Å². The Hall–Kier alpha value is -1.26. The molecular weight excluding hydrogens is 148 g/mol. The molecule has 0 aliphatic carbocycles. The van der Waals surface area contributed by atoms with E-state index in [0.717, 1.165) is 10.0 Å². The maximum Gasteiger partial charge on any atom is 0.428 e. The lowest BCUT2D eigenvalue weighted by Gasteiger charge is -2.25. The molecule has 2 amide bonds. The number of carbonyl (C=O) groups is 2. The monoisotopic (exact) mass is 160 g/mol. The Balaban J connectivity index is 4.12. The van der Waals surface area contributed by atoms with Crippen molar-refractivity contribution in [1.82, 2.24) is 10.0 Å². The molecule has 0 aromatic heterocycles. The van der Waals surface area contributed by atoms with E-state index in [-0.39, 0.29) is 5.91 Å². The van der Waals surface area contributed by atoms with Gasteiger partial charge in [-0.05, 0) is 0 Å². The average Bonchev–Trinajstić information content (AvgIpc) is 2.00. The van der Waals surface area contributed by atoms with Gasteiger partial charge in [-0.2, -0.15) is 0 Å². The standard InChI is InChI=1S/C6H12N2O3/c1-5(9)7(2)8(3)6(10)11-4/h1-4H3. The number of amides is 2. The highest BCUT2D eigenvalue weighted by Crippen LogP contribution is 1.93. The van der Waals surface area contributed by atoms with Crippen LogP contribution in [0, 0.1) is 0 Å². The van der Waals surface area contributed by atoms with Crippen LogP contribution in [0.2, 0.25) is 0 Å². The van der Waals surface area contributed by atoms with E-state index in [1.54, 1.807) is 0 Å². The summed E-state index contributed by atoms with van der Waals surface area (Å²) >= 11 is 0. The molecule has 0 N–H and O–H groups in total. The molecule has 0 bridgehead atoms. The van der Waals surface area contributed by atoms with Crippen molar-refractivity contribution >= 4 is 12.0 Å². The topological polar surface area (TPSA) is 49.9 Å². The summed E-state index contributed by atoms with van der Waals surface area (Å²) in [4.78, 5) is 21.4. The Morgan fingerprint density at radius 3 is 1.91 bits per heavy atom. The predicted octanol–water partition coefficient (Wildman–Crippen LogP) is 0.0779. The van der Waals surface area contributed by atoms with E-state index >= 15 is 0 Å². The fourth-order valence-electron chi connectivity index (χ4n) is 0.466. The Morgan fingerprint density at radius 1 is 1.18 bits per heavy atom. The summed E-state index contributed by atoms with van der Waals surface area (Å²) in [6, 6.07) is 0. The van der Waals surface area contributed by atoms with Gasteiger partial charge < -0.3 is 4.74 Å². The molecule has 0 fully saturated rings. The van der Waals surface area contributed by atoms with Gasteiger partial charge in [0.15, 0.2) is 0 Å². The maximum absolute atomic E-state index is 10.8. The SMILES string of the molecule is COC(=O)N(C)N(C)C(C)=O. The lowest BCUT2D eigenvalue weighted by atomic mass is 10.7. The zero-order chi connectivity index (χ0) is 9.02. The number of methoxy groups -OCH3 is 1. The molecule has 0 rings (SSSR count). The van der Waals surface area contributed by atoms with Crippen molar-refractivity contribution in [3.63, 3.8) is 0 Å². The van der Waals surface area contributed by atoms with Crippen LogP contribution in [0.5, 0.6) is 0 Å². The van der Waals surface area contributed by atoms with E-state index in [2.05, 4.69) is 4.74 Å². The second-order valence-electron chi connectivity index (χ2n) is 2.04. The largest absolute Gasteiger partial charge is 0.452 e. The number of nitrogens with zero attached hydrogens (tertiary/aromatic N) is 2. The minimum absolute atomic E-state index is 0.224. The molecule has 64 valence electrons. The fraction of sp³-hybridized carbons (Fsp3) is 0.667. The smallest absolute Gasteiger partial charge is 0.428 e. The summed E-state index contributed by atoms with van der Waals surface area (Å²) in [5, 5.41) is 2.24. The van der Waals surface area contributed by atoms with Crippen LogP contribution >= 0.6 is 0 Å². The highest BCUT2D eigenvalue weighted by atomic mass is 16.5. The Kier molecular flexibility index (Phi) is 3.36. The van der Waals surface area contributed by atoms with E-state index < -0.39 is 6.09 Å². The summed E-state index contributed by atoms with van der Waals surface area (Å²) in [5.41, 5.74) is 0. The maximum atomic E-state index is 10.8. The number of hydrogen-bond donors (Lipinski definition) is 0. The van der Waals surface area contributed by atoms with Crippen LogP contribution in [0.15, 0.2) is 0 Å². The molecule has 5 heteroatoms. The summed E-state index contributed by atoms with van der Waals surface area (Å²) in [5.74, 6) is -0.224. The van der Waals surface area contributed by atoms with Crippen molar-refractivity contribution in [2.24, 2.45) is 0 Å². The predicted molar refractivity (Wildman–Crippen MR) is 38.6 cm³/mol. The molecule has 5 nitrogen and oxygen atoms in total. The van der Waals surface area contributed by atoms with Crippen molar-refractivity contribution in [3.8, 4) is 0 Å². The molecule has 0 aromatic carbocycles. The first kappa shape index (κ1) is 9.74. The summed E-state index contributed by atoms with van der Waals surface area (Å²) in [6.07, 6.45) is -0.567. The van der Waals surface area contributed by atoms with Gasteiger partial charge >= 0.3 is 6.09 Å². The van der Waals surface area contributed by atoms with Crippen molar-refractivity contribution in [1.29, 1.82) is 0 Å². The van der Waals surface area contributed by atoms with Gasteiger partial charge in [0.25, 0.3) is 0 Å². The van der Waals surface area contributed by atoms with Crippen LogP contribution in [0.25, 0.3) is 0 Å². The first-order chi connectivity index (χ1) is 5.00. The van der Waals surface area contributed by atoms with Crippen LogP contribution in [0.3, 0.4) is 0 Å². The van der Waals surface area contributed by atoms with Crippen LogP contribution in [-0.4, -0.2) is 43.2 Å². The van der Waals surface area contributed by atoms with Crippen LogP contribution in [0.4, 0.5) is 4.79 Å². The molecule has 0 heterocycles. The normalized spacial score (nSPS) is 8.73. The fourth-order valence-corrected chi connectivity index (χ4v) is 0.466. The van der Waals surface area contributed by atoms with E-state index in [0.29, 0.717) is 0 Å². The number of ether oxygens (including phenoxy) is 1. The molecule has 0 atom stereocenters. The molecular formula is C6H12N2O3. The molecule has 11 heavy (non-hydrogen) atoms. The highest BCUT2D eigenvalue weighted by molar-refractivity contribution is 5.76. The molecule has 0 radical (unpaired) electrons. The van der Waals surface area contributed by atoms with Gasteiger partial charge in [0.05, 0.1) is 7.11 Å². The number of hydrogen-bond acceptors (Lipinski definition) is 3. The lowest BCUT2D eigenvalue weighted by molar-refractivity contribution is -0.138. The molecule has 0 aromatic rings. The van der Waals surface area contributed by atoms with Gasteiger partial charge in [-0.15, -0.1) is 0 Å². The average molecular weight is 160 g/mol. The quantitative estimate of drug-likeness (QED) is 0.471. The number of rotatable bonds is 0. The van der Waals surface area contributed by atoms with E-state index in [9.17, 15) is 9.59 Å². The third-order valence-corrected chi connectivity index (χ3v) is 1.34. The second kappa shape index (κ2) is 3.80. The minimum atomic E-state index is -0.567. The Morgan fingerprint density at radius 2 is 1.64 bits per heavy atom. The van der Waals surface area contributed by atoms with Gasteiger partial charge in [0.2, 0.25) is 5.91 Å². The van der Waals surface area contributed by atoms with E-state index in [4.69, 9.17) is 0 Å². The van der Waals surface area contributed by atoms with Crippen molar-refractivity contribution < 1.29 is 14.3 Å². The Labute approximate surface area is 65.5 Å². The molecule has 0 aliphatic heterocycles. The second-order valence-corrected chi connectivity index (χ2v) is 2.04. The zero-order valence-corrected chi connectivity index (χ0v) is 7.12.